The number of nitrogens with one attached hydrogen (secondary N) is 1. The summed E-state index contributed by atoms with van der Waals surface area (Å²) in [6, 6.07) is 15.1. The largest absolute Gasteiger partial charge is 0.271 e. The van der Waals surface area contributed by atoms with E-state index in [1.54, 1.807) is 0 Å². The molecule has 2 aromatic rings. The molecule has 0 saturated carbocycles. The summed E-state index contributed by atoms with van der Waals surface area (Å²) in [7, 11) is 0. The van der Waals surface area contributed by atoms with Gasteiger partial charge in [0.1, 0.15) is 0 Å². The van der Waals surface area contributed by atoms with E-state index in [1.807, 2.05) is 0 Å². The average Bonchev–Trinajstić information content (AvgIpc) is 2.45. The van der Waals surface area contributed by atoms with Gasteiger partial charge in [-0.3, -0.25) is 5.84 Å². The van der Waals surface area contributed by atoms with E-state index in [9.17, 15) is 0 Å². The Morgan fingerprint density at radius 3 is 2.15 bits per heavy atom. The zero-order valence-electron chi connectivity index (χ0n) is 12.2. The van der Waals surface area contributed by atoms with Crippen molar-refractivity contribution in [3.63, 3.8) is 0 Å². The fourth-order valence-corrected chi connectivity index (χ4v) is 3.00. The quantitative estimate of drug-likeness (QED) is 0.472. The Balaban J connectivity index is 2.39. The molecule has 0 fully saturated rings. The molecule has 1 unspecified atom stereocenters. The van der Waals surface area contributed by atoms with Crippen LogP contribution in [0.1, 0.15) is 48.1 Å². The highest BCUT2D eigenvalue weighted by atomic mass is 127. The molecule has 20 heavy (non-hydrogen) atoms. The minimum absolute atomic E-state index is 0.0306. The maximum atomic E-state index is 5.80. The Morgan fingerprint density at radius 2 is 1.60 bits per heavy atom. The molecule has 0 amide bonds. The number of aryl methyl sites for hydroxylation is 1. The normalized spacial score (nSPS) is 12.7. The van der Waals surface area contributed by atoms with Crippen LogP contribution in [0.3, 0.4) is 0 Å². The van der Waals surface area contributed by atoms with Gasteiger partial charge in [-0.2, -0.15) is 0 Å². The second-order valence-electron chi connectivity index (χ2n) is 5.40. The SMILES string of the molecule is Cc1cccc(C(NN)c2ccc(C(C)C)cc2)c1I. The Kier molecular flexibility index (Phi) is 5.18. The van der Waals surface area contributed by atoms with Crippen molar-refractivity contribution in [3.8, 4) is 0 Å². The Bertz CT molecular complexity index is 576. The first-order valence-corrected chi connectivity index (χ1v) is 7.93. The highest BCUT2D eigenvalue weighted by molar-refractivity contribution is 14.1. The van der Waals surface area contributed by atoms with Gasteiger partial charge in [0.15, 0.2) is 0 Å². The van der Waals surface area contributed by atoms with Gasteiger partial charge >= 0.3 is 0 Å². The Morgan fingerprint density at radius 1 is 1.00 bits per heavy atom. The van der Waals surface area contributed by atoms with E-state index in [1.165, 1.54) is 25.8 Å². The highest BCUT2D eigenvalue weighted by Gasteiger charge is 2.16. The number of rotatable bonds is 4. The van der Waals surface area contributed by atoms with Crippen LogP contribution in [0.5, 0.6) is 0 Å². The lowest BCUT2D eigenvalue weighted by Gasteiger charge is -2.20. The molecule has 3 heteroatoms. The van der Waals surface area contributed by atoms with Crippen LogP contribution in [-0.4, -0.2) is 0 Å². The van der Waals surface area contributed by atoms with Crippen molar-refractivity contribution >= 4 is 22.6 Å². The van der Waals surface area contributed by atoms with Crippen LogP contribution in [0.15, 0.2) is 42.5 Å². The first-order valence-electron chi connectivity index (χ1n) is 6.85. The first kappa shape index (κ1) is 15.5. The molecule has 0 aromatic heterocycles. The molecule has 0 radical (unpaired) electrons. The first-order chi connectivity index (χ1) is 9.54. The number of hydrogen-bond acceptors (Lipinski definition) is 2. The van der Waals surface area contributed by atoms with E-state index in [0.717, 1.165) is 0 Å². The zero-order valence-corrected chi connectivity index (χ0v) is 14.3. The second kappa shape index (κ2) is 6.70. The monoisotopic (exact) mass is 380 g/mol. The molecular weight excluding hydrogens is 359 g/mol. The zero-order chi connectivity index (χ0) is 14.7. The molecular formula is C17H21IN2. The van der Waals surface area contributed by atoms with Crippen molar-refractivity contribution in [2.24, 2.45) is 5.84 Å². The second-order valence-corrected chi connectivity index (χ2v) is 6.48. The van der Waals surface area contributed by atoms with Crippen LogP contribution < -0.4 is 11.3 Å². The number of nitrogens with two attached hydrogens (primary N) is 1. The minimum Gasteiger partial charge on any atom is -0.271 e. The summed E-state index contributed by atoms with van der Waals surface area (Å²) in [6.07, 6.45) is 0. The summed E-state index contributed by atoms with van der Waals surface area (Å²) >= 11 is 2.39. The highest BCUT2D eigenvalue weighted by Crippen LogP contribution is 2.28. The van der Waals surface area contributed by atoms with Gasteiger partial charge in [0.25, 0.3) is 0 Å². The summed E-state index contributed by atoms with van der Waals surface area (Å²) < 4.78 is 1.26. The smallest absolute Gasteiger partial charge is 0.0720 e. The van der Waals surface area contributed by atoms with Crippen LogP contribution in [0, 0.1) is 10.5 Å². The molecule has 2 rings (SSSR count). The Hall–Kier alpha value is -0.910. The van der Waals surface area contributed by atoms with E-state index in [0.29, 0.717) is 5.92 Å². The number of benzene rings is 2. The fourth-order valence-electron chi connectivity index (χ4n) is 2.33. The molecule has 2 nitrogen and oxygen atoms in total. The van der Waals surface area contributed by atoms with Crippen molar-refractivity contribution in [2.45, 2.75) is 32.7 Å². The van der Waals surface area contributed by atoms with Crippen molar-refractivity contribution < 1.29 is 0 Å². The van der Waals surface area contributed by atoms with Crippen molar-refractivity contribution in [1.29, 1.82) is 0 Å². The summed E-state index contributed by atoms with van der Waals surface area (Å²) in [5.41, 5.74) is 8.00. The van der Waals surface area contributed by atoms with Crippen LogP contribution in [-0.2, 0) is 0 Å². The number of halogens is 1. The average molecular weight is 380 g/mol. The van der Waals surface area contributed by atoms with E-state index in [2.05, 4.69) is 91.3 Å². The predicted molar refractivity (Wildman–Crippen MR) is 93.6 cm³/mol. The van der Waals surface area contributed by atoms with Gasteiger partial charge in [0.2, 0.25) is 0 Å². The number of hydrazine groups is 1. The lowest BCUT2D eigenvalue weighted by atomic mass is 9.95. The van der Waals surface area contributed by atoms with E-state index >= 15 is 0 Å². The lowest BCUT2D eigenvalue weighted by Crippen LogP contribution is -2.29. The third-order valence-corrected chi connectivity index (χ3v) is 5.11. The van der Waals surface area contributed by atoms with E-state index in [-0.39, 0.29) is 6.04 Å². The maximum absolute atomic E-state index is 5.80. The molecule has 106 valence electrons. The van der Waals surface area contributed by atoms with Crippen molar-refractivity contribution in [3.05, 3.63) is 68.3 Å². The van der Waals surface area contributed by atoms with Gasteiger partial charge in [-0.25, -0.2) is 5.43 Å². The molecule has 0 spiro atoms. The summed E-state index contributed by atoms with van der Waals surface area (Å²) in [5, 5.41) is 0. The van der Waals surface area contributed by atoms with Crippen LogP contribution in [0.2, 0.25) is 0 Å². The molecule has 0 aliphatic rings. The van der Waals surface area contributed by atoms with Crippen molar-refractivity contribution in [1.82, 2.24) is 5.43 Å². The van der Waals surface area contributed by atoms with E-state index < -0.39 is 0 Å². The lowest BCUT2D eigenvalue weighted by molar-refractivity contribution is 0.633. The molecule has 3 N–H and O–H groups in total. The maximum Gasteiger partial charge on any atom is 0.0720 e. The van der Waals surface area contributed by atoms with Gasteiger partial charge in [0.05, 0.1) is 6.04 Å². The third-order valence-electron chi connectivity index (χ3n) is 3.64. The van der Waals surface area contributed by atoms with Gasteiger partial charge in [-0.1, -0.05) is 56.3 Å². The summed E-state index contributed by atoms with van der Waals surface area (Å²) in [4.78, 5) is 0. The van der Waals surface area contributed by atoms with Gasteiger partial charge < -0.3 is 0 Å². The molecule has 0 aliphatic carbocycles. The van der Waals surface area contributed by atoms with Crippen LogP contribution >= 0.6 is 22.6 Å². The van der Waals surface area contributed by atoms with Crippen LogP contribution in [0.4, 0.5) is 0 Å². The summed E-state index contributed by atoms with van der Waals surface area (Å²) in [6.45, 7) is 6.54. The minimum atomic E-state index is 0.0306. The van der Waals surface area contributed by atoms with Crippen LogP contribution in [0.25, 0.3) is 0 Å². The third kappa shape index (κ3) is 3.22. The molecule has 0 heterocycles. The molecule has 0 saturated heterocycles. The van der Waals surface area contributed by atoms with Gasteiger partial charge in [-0.15, -0.1) is 0 Å². The van der Waals surface area contributed by atoms with Crippen molar-refractivity contribution in [2.75, 3.05) is 0 Å². The van der Waals surface area contributed by atoms with Gasteiger partial charge in [0, 0.05) is 3.57 Å². The Labute approximate surface area is 134 Å². The number of hydrogen-bond donors (Lipinski definition) is 2. The summed E-state index contributed by atoms with van der Waals surface area (Å²) in [5.74, 6) is 6.35. The topological polar surface area (TPSA) is 38.0 Å². The standard InChI is InChI=1S/C17H21IN2/c1-11(2)13-7-9-14(10-8-13)17(20-19)15-6-4-5-12(3)16(15)18/h4-11,17,20H,19H2,1-3H3. The molecule has 0 aliphatic heterocycles. The molecule has 2 aromatic carbocycles. The molecule has 0 bridgehead atoms. The van der Waals surface area contributed by atoms with E-state index in [4.69, 9.17) is 5.84 Å². The predicted octanol–water partition coefficient (Wildman–Crippen LogP) is 4.28. The molecule has 1 atom stereocenters. The fraction of sp³-hybridized carbons (Fsp3) is 0.294. The van der Waals surface area contributed by atoms with Gasteiger partial charge in [-0.05, 0) is 57.7 Å².